The van der Waals surface area contributed by atoms with Gasteiger partial charge in [0.2, 0.25) is 0 Å². The van der Waals surface area contributed by atoms with Crippen LogP contribution in [0.25, 0.3) is 0 Å². The molecule has 0 aromatic carbocycles. The minimum atomic E-state index is -1.37. The van der Waals surface area contributed by atoms with Crippen molar-refractivity contribution in [1.82, 2.24) is 0 Å². The summed E-state index contributed by atoms with van der Waals surface area (Å²) in [5.41, 5.74) is 1.93. The van der Waals surface area contributed by atoms with Crippen LogP contribution in [0.2, 0.25) is 6.55 Å². The predicted molar refractivity (Wildman–Crippen MR) is 60.6 cm³/mol. The van der Waals surface area contributed by atoms with E-state index in [9.17, 15) is 0 Å². The first kappa shape index (κ1) is 13.2. The second-order valence-electron chi connectivity index (χ2n) is 3.03. The molecule has 81 valence electrons. The monoisotopic (exact) mass is 215 g/mol. The molecule has 0 N–H and O–H groups in total. The topological polar surface area (TPSA) is 43.2 Å². The largest absolute Gasteiger partial charge is 0.574 e. The fraction of sp³-hybridized carbons (Fsp3) is 0.778. The summed E-state index contributed by atoms with van der Waals surface area (Å²) in [6.45, 7) is 9.78. The molecule has 0 spiro atoms. The molecule has 0 amide bonds. The summed E-state index contributed by atoms with van der Waals surface area (Å²) in [4.78, 5) is 0. The molecule has 0 unspecified atom stereocenters. The van der Waals surface area contributed by atoms with Crippen molar-refractivity contribution >= 4 is 20.7 Å². The van der Waals surface area contributed by atoms with Gasteiger partial charge in [-0.15, -0.1) is 10.3 Å². The molecule has 14 heavy (non-hydrogen) atoms. The van der Waals surface area contributed by atoms with E-state index in [0.717, 1.165) is 24.3 Å². The van der Waals surface area contributed by atoms with E-state index in [1.807, 2.05) is 34.2 Å². The third-order valence-corrected chi connectivity index (χ3v) is 2.38. The summed E-state index contributed by atoms with van der Waals surface area (Å²) < 4.78 is 10.3. The lowest BCUT2D eigenvalue weighted by atomic mass is 10.3. The molecule has 5 heteroatoms. The first-order valence-electron chi connectivity index (χ1n) is 4.84. The smallest absolute Gasteiger partial charge is 0.403 e. The van der Waals surface area contributed by atoms with Crippen LogP contribution >= 0.6 is 0 Å². The van der Waals surface area contributed by atoms with Gasteiger partial charge < -0.3 is 9.05 Å². The molecule has 0 aliphatic rings. The molecular weight excluding hydrogens is 196 g/mol. The van der Waals surface area contributed by atoms with Gasteiger partial charge in [-0.05, 0) is 26.7 Å². The minimum Gasteiger partial charge on any atom is -0.403 e. The van der Waals surface area contributed by atoms with Crippen LogP contribution in [0, 0.1) is 0 Å². The maximum atomic E-state index is 5.15. The standard InChI is InChI=1S/C9H19N2O2Si/c1-6-8(3)10-12-14(5)13-11-9(4)7-2/h6-7H2,1-5H3. The second kappa shape index (κ2) is 7.55. The van der Waals surface area contributed by atoms with Crippen molar-refractivity contribution in [3.63, 3.8) is 0 Å². The van der Waals surface area contributed by atoms with E-state index in [4.69, 9.17) is 9.05 Å². The van der Waals surface area contributed by atoms with E-state index in [1.54, 1.807) is 0 Å². The zero-order chi connectivity index (χ0) is 11.0. The van der Waals surface area contributed by atoms with E-state index in [-0.39, 0.29) is 0 Å². The lowest BCUT2D eigenvalue weighted by Gasteiger charge is -2.05. The quantitative estimate of drug-likeness (QED) is 0.388. The van der Waals surface area contributed by atoms with Crippen LogP contribution in [0.4, 0.5) is 0 Å². The van der Waals surface area contributed by atoms with Crippen molar-refractivity contribution in [3.05, 3.63) is 0 Å². The van der Waals surface area contributed by atoms with Crippen molar-refractivity contribution in [2.45, 2.75) is 47.1 Å². The van der Waals surface area contributed by atoms with Crippen molar-refractivity contribution in [2.75, 3.05) is 0 Å². The van der Waals surface area contributed by atoms with E-state index in [1.165, 1.54) is 0 Å². The summed E-state index contributed by atoms with van der Waals surface area (Å²) in [6.07, 6.45) is 1.79. The van der Waals surface area contributed by atoms with Gasteiger partial charge in [0.15, 0.2) is 0 Å². The van der Waals surface area contributed by atoms with Gasteiger partial charge in [0.1, 0.15) is 0 Å². The fourth-order valence-corrected chi connectivity index (χ4v) is 1.03. The second-order valence-corrected chi connectivity index (χ2v) is 4.38. The third-order valence-electron chi connectivity index (χ3n) is 1.68. The SMILES string of the molecule is CCC(C)=NO[Si](C)ON=C(C)CC. The Hall–Kier alpha value is -0.843. The van der Waals surface area contributed by atoms with Crippen LogP contribution in [0.5, 0.6) is 0 Å². The van der Waals surface area contributed by atoms with E-state index < -0.39 is 9.28 Å². The molecule has 0 bridgehead atoms. The predicted octanol–water partition coefficient (Wildman–Crippen LogP) is 2.71. The highest BCUT2D eigenvalue weighted by molar-refractivity contribution is 6.42. The average Bonchev–Trinajstić information content (AvgIpc) is 2.22. The van der Waals surface area contributed by atoms with Crippen molar-refractivity contribution in [2.24, 2.45) is 10.3 Å². The zero-order valence-corrected chi connectivity index (χ0v) is 10.6. The van der Waals surface area contributed by atoms with Gasteiger partial charge in [-0.2, -0.15) is 0 Å². The summed E-state index contributed by atoms with van der Waals surface area (Å²) in [7, 11) is -1.37. The van der Waals surface area contributed by atoms with Crippen LogP contribution < -0.4 is 0 Å². The molecule has 0 atom stereocenters. The highest BCUT2D eigenvalue weighted by Gasteiger charge is 2.10. The van der Waals surface area contributed by atoms with E-state index in [0.29, 0.717) is 0 Å². The lowest BCUT2D eigenvalue weighted by molar-refractivity contribution is 0.216. The fourth-order valence-electron chi connectivity index (χ4n) is 0.430. The van der Waals surface area contributed by atoms with Crippen molar-refractivity contribution < 1.29 is 9.05 Å². The van der Waals surface area contributed by atoms with Crippen LogP contribution in [0.15, 0.2) is 10.3 Å². The molecule has 0 saturated heterocycles. The Morgan fingerprint density at radius 3 is 1.64 bits per heavy atom. The first-order valence-corrected chi connectivity index (χ1v) is 6.66. The summed E-state index contributed by atoms with van der Waals surface area (Å²) in [6, 6.07) is 0. The molecule has 0 rings (SSSR count). The number of rotatable bonds is 6. The molecule has 0 saturated carbocycles. The highest BCUT2D eigenvalue weighted by atomic mass is 28.3. The molecule has 0 aliphatic carbocycles. The summed E-state index contributed by atoms with van der Waals surface area (Å²) >= 11 is 0. The molecular formula is C9H19N2O2Si. The van der Waals surface area contributed by atoms with Crippen LogP contribution in [-0.4, -0.2) is 20.7 Å². The van der Waals surface area contributed by atoms with Crippen LogP contribution in [0.1, 0.15) is 40.5 Å². The molecule has 0 aromatic rings. The normalized spacial score (nSPS) is 13.3. The van der Waals surface area contributed by atoms with Crippen LogP contribution in [-0.2, 0) is 9.05 Å². The molecule has 0 aliphatic heterocycles. The summed E-state index contributed by atoms with van der Waals surface area (Å²) in [5.74, 6) is 0. The van der Waals surface area contributed by atoms with Crippen molar-refractivity contribution in [1.29, 1.82) is 0 Å². The van der Waals surface area contributed by atoms with Gasteiger partial charge in [0.05, 0.1) is 11.4 Å². The number of hydrogen-bond acceptors (Lipinski definition) is 4. The van der Waals surface area contributed by atoms with Gasteiger partial charge >= 0.3 is 9.28 Å². The third kappa shape index (κ3) is 6.65. The maximum absolute atomic E-state index is 5.15. The minimum absolute atomic E-state index is 0.895. The summed E-state index contributed by atoms with van der Waals surface area (Å²) in [5, 5.41) is 7.83. The number of nitrogens with zero attached hydrogens (tertiary/aromatic N) is 2. The Labute approximate surface area is 87.8 Å². The Kier molecular flexibility index (Phi) is 7.10. The molecule has 1 radical (unpaired) electrons. The number of hydrogen-bond donors (Lipinski definition) is 0. The number of oxime groups is 2. The maximum Gasteiger partial charge on any atom is 0.574 e. The van der Waals surface area contributed by atoms with Gasteiger partial charge in [0.25, 0.3) is 0 Å². The first-order chi connectivity index (χ1) is 6.60. The highest BCUT2D eigenvalue weighted by Crippen LogP contribution is 1.95. The average molecular weight is 215 g/mol. The van der Waals surface area contributed by atoms with Crippen molar-refractivity contribution in [3.8, 4) is 0 Å². The van der Waals surface area contributed by atoms with Crippen LogP contribution in [0.3, 0.4) is 0 Å². The Bertz CT molecular complexity index is 195. The Morgan fingerprint density at radius 1 is 1.00 bits per heavy atom. The van der Waals surface area contributed by atoms with Gasteiger partial charge in [0, 0.05) is 6.55 Å². The Morgan fingerprint density at radius 2 is 1.36 bits per heavy atom. The molecule has 0 heterocycles. The van der Waals surface area contributed by atoms with Gasteiger partial charge in [-0.25, -0.2) is 0 Å². The molecule has 0 fully saturated rings. The molecule has 4 nitrogen and oxygen atoms in total. The van der Waals surface area contributed by atoms with E-state index in [2.05, 4.69) is 10.3 Å². The molecule has 0 aromatic heterocycles. The van der Waals surface area contributed by atoms with E-state index >= 15 is 0 Å². The zero-order valence-electron chi connectivity index (χ0n) is 9.63. The Balaban J connectivity index is 3.82. The van der Waals surface area contributed by atoms with Gasteiger partial charge in [-0.3, -0.25) is 0 Å². The van der Waals surface area contributed by atoms with Gasteiger partial charge in [-0.1, -0.05) is 13.8 Å². The lowest BCUT2D eigenvalue weighted by Crippen LogP contribution is -2.14.